The number of halogens is 2. The van der Waals surface area contributed by atoms with Crippen LogP contribution in [0.1, 0.15) is 72.6 Å². The molecule has 0 unspecified atom stereocenters. The Balaban J connectivity index is 1.60. The Morgan fingerprint density at radius 3 is 2.39 bits per heavy atom. The predicted molar refractivity (Wildman–Crippen MR) is 133 cm³/mol. The van der Waals surface area contributed by atoms with E-state index in [0.717, 1.165) is 18.9 Å². The van der Waals surface area contributed by atoms with Crippen molar-refractivity contribution in [2.45, 2.75) is 96.2 Å². The Hall–Kier alpha value is -1.54. The lowest BCUT2D eigenvalue weighted by molar-refractivity contribution is -0.231. The Morgan fingerprint density at radius 2 is 1.78 bits per heavy atom. The molecule has 5 aliphatic rings. The lowest BCUT2D eigenvalue weighted by Crippen LogP contribution is -2.70. The summed E-state index contributed by atoms with van der Waals surface area (Å²) in [6, 6.07) is 0. The number of rotatable bonds is 3. The molecule has 5 rings (SSSR count). The van der Waals surface area contributed by atoms with Crippen molar-refractivity contribution in [1.82, 2.24) is 0 Å². The molecule has 0 radical (unpaired) electrons. The van der Waals surface area contributed by atoms with E-state index in [-0.39, 0.29) is 18.4 Å². The minimum atomic E-state index is -2.25. The smallest absolute Gasteiger partial charge is 0.312 e. The lowest BCUT2D eigenvalue weighted by Gasteiger charge is -2.63. The van der Waals surface area contributed by atoms with Gasteiger partial charge in [0, 0.05) is 22.7 Å². The van der Waals surface area contributed by atoms with Crippen molar-refractivity contribution < 1.29 is 33.0 Å². The summed E-state index contributed by atoms with van der Waals surface area (Å²) >= 11 is 4.22. The normalized spacial score (nSPS) is 49.1. The summed E-state index contributed by atoms with van der Waals surface area (Å²) in [4.78, 5) is 38.8. The van der Waals surface area contributed by atoms with E-state index in [2.05, 4.69) is 12.6 Å². The van der Waals surface area contributed by atoms with Gasteiger partial charge in [0.05, 0.1) is 11.5 Å². The Kier molecular flexibility index (Phi) is 5.78. The molecule has 0 spiro atoms. The summed E-state index contributed by atoms with van der Waals surface area (Å²) in [5.41, 5.74) is -7.20. The number of carbonyl (C=O) groups is 3. The van der Waals surface area contributed by atoms with Gasteiger partial charge >= 0.3 is 5.97 Å². The maximum atomic E-state index is 17.4. The van der Waals surface area contributed by atoms with E-state index in [9.17, 15) is 19.5 Å². The first-order valence-corrected chi connectivity index (χ1v) is 13.6. The summed E-state index contributed by atoms with van der Waals surface area (Å²) in [5.74, 6) is -2.83. The molecule has 4 fully saturated rings. The van der Waals surface area contributed by atoms with Crippen LogP contribution in [0.3, 0.4) is 0 Å². The van der Waals surface area contributed by atoms with E-state index in [0.29, 0.717) is 19.3 Å². The van der Waals surface area contributed by atoms with Crippen LogP contribution >= 0.6 is 12.6 Å². The molecule has 0 aromatic carbocycles. The molecule has 0 aromatic heterocycles. The summed E-state index contributed by atoms with van der Waals surface area (Å²) in [7, 11) is 0. The zero-order valence-electron chi connectivity index (χ0n) is 21.4. The van der Waals surface area contributed by atoms with Crippen LogP contribution in [0.4, 0.5) is 8.78 Å². The number of ketones is 1. The van der Waals surface area contributed by atoms with Gasteiger partial charge in [-0.05, 0) is 69.6 Å². The second kappa shape index (κ2) is 7.98. The Bertz CT molecular complexity index is 1080. The zero-order chi connectivity index (χ0) is 26.5. The molecule has 36 heavy (non-hydrogen) atoms. The number of esters is 1. The number of hydrogen-bond donors (Lipinski definition) is 2. The largest absolute Gasteiger partial charge is 0.449 e. The quantitative estimate of drug-likeness (QED) is 0.408. The maximum absolute atomic E-state index is 17.4. The molecule has 0 aliphatic heterocycles. The fourth-order valence-electron chi connectivity index (χ4n) is 8.87. The highest BCUT2D eigenvalue weighted by Crippen LogP contribution is 2.72. The second-order valence-corrected chi connectivity index (χ2v) is 13.1. The van der Waals surface area contributed by atoms with Crippen molar-refractivity contribution in [3.63, 3.8) is 0 Å². The molecule has 8 heteroatoms. The number of fused-ring (bicyclic) bond motifs is 5. The highest BCUT2D eigenvalue weighted by molar-refractivity contribution is 7.96. The van der Waals surface area contributed by atoms with Gasteiger partial charge in [0.1, 0.15) is 6.17 Å². The van der Waals surface area contributed by atoms with Crippen molar-refractivity contribution in [2.75, 3.05) is 0 Å². The molecule has 0 aromatic rings. The van der Waals surface area contributed by atoms with Gasteiger partial charge in [-0.1, -0.05) is 32.8 Å². The average molecular weight is 523 g/mol. The zero-order valence-corrected chi connectivity index (χ0v) is 22.2. The number of ether oxygens (including phenoxy) is 1. The van der Waals surface area contributed by atoms with Crippen LogP contribution < -0.4 is 0 Å². The van der Waals surface area contributed by atoms with Crippen LogP contribution in [-0.4, -0.2) is 45.5 Å². The average Bonchev–Trinajstić information content (AvgIpc) is 3.33. The summed E-state index contributed by atoms with van der Waals surface area (Å²) in [5, 5.41) is 10.9. The highest BCUT2D eigenvalue weighted by atomic mass is 32.1. The van der Waals surface area contributed by atoms with Gasteiger partial charge in [-0.25, -0.2) is 8.78 Å². The van der Waals surface area contributed by atoms with Crippen molar-refractivity contribution in [3.05, 3.63) is 23.8 Å². The molecule has 5 aliphatic carbocycles. The minimum Gasteiger partial charge on any atom is -0.449 e. The van der Waals surface area contributed by atoms with Gasteiger partial charge in [-0.2, -0.15) is 0 Å². The molecule has 9 atom stereocenters. The van der Waals surface area contributed by atoms with E-state index < -0.39 is 74.4 Å². The van der Waals surface area contributed by atoms with Crippen LogP contribution in [0.15, 0.2) is 23.8 Å². The minimum absolute atomic E-state index is 0.0552. The van der Waals surface area contributed by atoms with Crippen LogP contribution in [0.25, 0.3) is 0 Å². The molecule has 0 heterocycles. The molecule has 4 saturated carbocycles. The monoisotopic (exact) mass is 522 g/mol. The van der Waals surface area contributed by atoms with Crippen molar-refractivity contribution >= 4 is 29.5 Å². The van der Waals surface area contributed by atoms with Crippen molar-refractivity contribution in [1.29, 1.82) is 0 Å². The second-order valence-electron chi connectivity index (χ2n) is 12.7. The lowest BCUT2D eigenvalue weighted by atomic mass is 9.44. The number of alkyl halides is 2. The fraction of sp³-hybridized carbons (Fsp3) is 0.750. The molecular formula is C28H36F2O5S. The van der Waals surface area contributed by atoms with Gasteiger partial charge in [0.2, 0.25) is 5.12 Å². The van der Waals surface area contributed by atoms with Crippen LogP contribution in [-0.2, 0) is 19.1 Å². The number of hydrogen-bond acceptors (Lipinski definition) is 5. The maximum Gasteiger partial charge on any atom is 0.312 e. The summed E-state index contributed by atoms with van der Waals surface area (Å²) in [6.07, 6.45) is 3.76. The topological polar surface area (TPSA) is 80.7 Å². The van der Waals surface area contributed by atoms with E-state index in [1.54, 1.807) is 20.8 Å². The van der Waals surface area contributed by atoms with Crippen molar-refractivity contribution in [2.24, 2.45) is 34.0 Å². The number of carbonyl (C=O) groups excluding carboxylic acids is 3. The van der Waals surface area contributed by atoms with Gasteiger partial charge < -0.3 is 9.84 Å². The number of aliphatic hydroxyl groups is 1. The first-order valence-electron chi connectivity index (χ1n) is 13.1. The van der Waals surface area contributed by atoms with Crippen molar-refractivity contribution in [3.8, 4) is 0 Å². The third kappa shape index (κ3) is 3.00. The molecule has 5 nitrogen and oxygen atoms in total. The summed E-state index contributed by atoms with van der Waals surface area (Å²) in [6.45, 7) is 6.96. The molecule has 0 bridgehead atoms. The summed E-state index contributed by atoms with van der Waals surface area (Å²) < 4.78 is 39.2. The molecule has 0 saturated heterocycles. The third-order valence-corrected chi connectivity index (χ3v) is 11.3. The Morgan fingerprint density at radius 1 is 1.14 bits per heavy atom. The Labute approximate surface area is 216 Å². The highest BCUT2D eigenvalue weighted by Gasteiger charge is 2.78. The number of aliphatic hydroxyl groups excluding tert-OH is 1. The standard InChI is InChI=1S/C28H36F2O5S/c1-15-11-17-18-13-20(29)19-12-16(31)7-10-25(19,3)27(18,30)21(32)14-26(17,4)28(15,23(34)36)35-22(33)24(2)8-5-6-9-24/h7,10,12,15,17-18,20-21,32H,5-6,8-9,11,13-14H2,1-4H3,(H,34,36)/t15-,17+,18+,20+,21+,25+,26+,27+,28+/m1/s1. The van der Waals surface area contributed by atoms with Gasteiger partial charge in [0.25, 0.3) is 0 Å². The first-order chi connectivity index (χ1) is 16.7. The SMILES string of the molecule is C[C@@H]1C[C@H]2[C@@H]3C[C@H](F)C4=CC(=O)C=C[C@]4(C)[C@@]3(F)[C@@H](O)C[C@]2(C)[C@@]1(OC(=O)C1(C)CCCC1)C(=O)S. The van der Waals surface area contributed by atoms with E-state index in [1.165, 1.54) is 12.2 Å². The molecule has 198 valence electrons. The number of thiol groups is 1. The van der Waals surface area contributed by atoms with Gasteiger partial charge in [-0.3, -0.25) is 14.4 Å². The van der Waals surface area contributed by atoms with Crippen LogP contribution in [0, 0.1) is 34.0 Å². The van der Waals surface area contributed by atoms with E-state index in [1.807, 2.05) is 6.92 Å². The van der Waals surface area contributed by atoms with Crippen LogP contribution in [0.5, 0.6) is 0 Å². The molecular weight excluding hydrogens is 486 g/mol. The van der Waals surface area contributed by atoms with Gasteiger partial charge in [-0.15, -0.1) is 12.6 Å². The fourth-order valence-corrected chi connectivity index (χ4v) is 9.39. The number of allylic oxidation sites excluding steroid dienone is 4. The van der Waals surface area contributed by atoms with E-state index >= 15 is 8.78 Å². The molecule has 1 N–H and O–H groups in total. The third-order valence-electron chi connectivity index (χ3n) is 10.9. The van der Waals surface area contributed by atoms with Gasteiger partial charge in [0.15, 0.2) is 17.1 Å². The predicted octanol–water partition coefficient (Wildman–Crippen LogP) is 4.87. The first kappa shape index (κ1) is 26.1. The van der Waals surface area contributed by atoms with Crippen LogP contribution in [0.2, 0.25) is 0 Å². The van der Waals surface area contributed by atoms with E-state index in [4.69, 9.17) is 4.74 Å². The molecule has 0 amide bonds.